The first-order chi connectivity index (χ1) is 23.9. The monoisotopic (exact) mass is 776 g/mol. The third kappa shape index (κ3) is 11.4. The summed E-state index contributed by atoms with van der Waals surface area (Å²) in [5.74, 6) is -0.723. The number of nitrogens with one attached hydrogen (secondary N) is 2. The van der Waals surface area contributed by atoms with Crippen LogP contribution in [0.5, 0.6) is 0 Å². The molecule has 2 unspecified atom stereocenters. The third-order valence-corrected chi connectivity index (χ3v) is 9.49. The summed E-state index contributed by atoms with van der Waals surface area (Å²) < 4.78 is 30.2. The van der Waals surface area contributed by atoms with Crippen LogP contribution in [0.4, 0.5) is 0 Å². The number of halogens is 2. The predicted octanol–water partition coefficient (Wildman–Crippen LogP) is 6.69. The molecule has 15 heteroatoms. The number of amides is 2. The molecule has 12 nitrogen and oxygen atoms in total. The van der Waals surface area contributed by atoms with Crippen molar-refractivity contribution in [2.24, 2.45) is 14.1 Å². The maximum Gasteiger partial charge on any atom is 0.271 e. The maximum absolute atomic E-state index is 12.6. The second-order valence-corrected chi connectivity index (χ2v) is 17.1. The lowest BCUT2D eigenvalue weighted by atomic mass is 9.87. The second kappa shape index (κ2) is 16.9. The molecule has 0 radical (unpaired) electrons. The van der Waals surface area contributed by atoms with Gasteiger partial charge >= 0.3 is 0 Å². The van der Waals surface area contributed by atoms with Crippen molar-refractivity contribution >= 4 is 45.1 Å². The van der Waals surface area contributed by atoms with Gasteiger partial charge in [0, 0.05) is 27.2 Å². The number of nitrogens with zero attached hydrogens (tertiary/aromatic N) is 4. The van der Waals surface area contributed by atoms with Crippen LogP contribution in [0.1, 0.15) is 122 Å². The molecule has 2 aromatic heterocycles. The number of benzene rings is 2. The van der Waals surface area contributed by atoms with E-state index in [0.717, 1.165) is 17.4 Å². The first-order valence-corrected chi connectivity index (χ1v) is 19.2. The Morgan fingerprint density at radius 2 is 1.10 bits per heavy atom. The molecule has 0 saturated heterocycles. The van der Waals surface area contributed by atoms with Crippen molar-refractivity contribution < 1.29 is 27.3 Å². The van der Waals surface area contributed by atoms with Gasteiger partial charge in [-0.1, -0.05) is 113 Å². The summed E-state index contributed by atoms with van der Waals surface area (Å²) in [5.41, 5.74) is 5.46. The smallest absolute Gasteiger partial charge is 0.271 e. The minimum atomic E-state index is -3.68. The van der Waals surface area contributed by atoms with Gasteiger partial charge in [-0.05, 0) is 46.9 Å². The highest BCUT2D eigenvalue weighted by atomic mass is 35.5. The van der Waals surface area contributed by atoms with E-state index in [1.54, 1.807) is 21.0 Å². The Kier molecular flexibility index (Phi) is 13.9. The quantitative estimate of drug-likeness (QED) is 0.150. The average Bonchev–Trinajstić information content (AvgIpc) is 3.51. The van der Waals surface area contributed by atoms with E-state index in [4.69, 9.17) is 27.4 Å². The van der Waals surface area contributed by atoms with Crippen molar-refractivity contribution in [1.82, 2.24) is 30.2 Å². The third-order valence-electron chi connectivity index (χ3n) is 8.10. The molecule has 2 amide bonds. The molecule has 4 rings (SSSR count). The van der Waals surface area contributed by atoms with Crippen LogP contribution in [0.2, 0.25) is 10.0 Å². The fraction of sp³-hybridized carbons (Fsp3) is 0.459. The van der Waals surface area contributed by atoms with E-state index in [2.05, 4.69) is 74.5 Å². The van der Waals surface area contributed by atoms with E-state index in [9.17, 15) is 23.1 Å². The van der Waals surface area contributed by atoms with Gasteiger partial charge < -0.3 is 15.7 Å². The van der Waals surface area contributed by atoms with E-state index in [-0.39, 0.29) is 43.9 Å². The Balaban J connectivity index is 0.000000284. The summed E-state index contributed by atoms with van der Waals surface area (Å²) >= 11 is 12.4. The summed E-state index contributed by atoms with van der Waals surface area (Å²) in [6, 6.07) is 16.2. The number of carbonyl (C=O) groups excluding carboxylic acids is 2. The zero-order valence-electron chi connectivity index (χ0n) is 31.6. The molecule has 0 bridgehead atoms. The number of aryl methyl sites for hydroxylation is 2. The molecular weight excluding hydrogens is 727 g/mol. The lowest BCUT2D eigenvalue weighted by molar-refractivity contribution is 0.0933. The van der Waals surface area contributed by atoms with Crippen LogP contribution in [-0.2, 0) is 52.3 Å². The number of aliphatic hydroxyl groups excluding tert-OH is 1. The predicted molar refractivity (Wildman–Crippen MR) is 204 cm³/mol. The molecule has 2 heterocycles. The number of hydrogen-bond acceptors (Lipinski definition) is 8. The van der Waals surface area contributed by atoms with Crippen molar-refractivity contribution in [3.8, 4) is 0 Å². The lowest BCUT2D eigenvalue weighted by Gasteiger charge is -2.19. The Bertz CT molecular complexity index is 1970. The molecule has 52 heavy (non-hydrogen) atoms. The first-order valence-electron chi connectivity index (χ1n) is 16.7. The van der Waals surface area contributed by atoms with Gasteiger partial charge in [-0.3, -0.25) is 23.1 Å². The molecule has 0 aliphatic rings. The summed E-state index contributed by atoms with van der Waals surface area (Å²) in [4.78, 5) is 25.0. The molecule has 0 saturated carbocycles. The Hall–Kier alpha value is -3.75. The van der Waals surface area contributed by atoms with Crippen LogP contribution in [0.3, 0.4) is 0 Å². The van der Waals surface area contributed by atoms with Crippen molar-refractivity contribution in [3.05, 3.63) is 104 Å². The topological polar surface area (TPSA) is 157 Å². The average molecular weight is 778 g/mol. The van der Waals surface area contributed by atoms with Gasteiger partial charge in [0.25, 0.3) is 21.9 Å². The summed E-state index contributed by atoms with van der Waals surface area (Å²) in [5, 5.41) is 23.8. The van der Waals surface area contributed by atoms with E-state index in [0.29, 0.717) is 18.8 Å². The number of aromatic nitrogens is 4. The number of rotatable bonds is 10. The lowest BCUT2D eigenvalue weighted by Crippen LogP contribution is -2.25. The van der Waals surface area contributed by atoms with E-state index >= 15 is 0 Å². The van der Waals surface area contributed by atoms with E-state index in [1.165, 1.54) is 27.4 Å². The zero-order valence-corrected chi connectivity index (χ0v) is 34.0. The van der Waals surface area contributed by atoms with Crippen LogP contribution in [-0.4, -0.2) is 51.2 Å². The van der Waals surface area contributed by atoms with Gasteiger partial charge in [-0.15, -0.1) is 0 Å². The van der Waals surface area contributed by atoms with Gasteiger partial charge in [0.15, 0.2) is 0 Å². The molecule has 0 spiro atoms. The highest BCUT2D eigenvalue weighted by Crippen LogP contribution is 2.29. The highest BCUT2D eigenvalue weighted by Gasteiger charge is 2.27. The molecular formula is C37H50Cl2N6O6S. The molecule has 4 aromatic rings. The van der Waals surface area contributed by atoms with Crippen LogP contribution in [0.15, 0.2) is 48.5 Å². The zero-order chi connectivity index (χ0) is 39.3. The van der Waals surface area contributed by atoms with Crippen LogP contribution in [0.25, 0.3) is 0 Å². The SMILES string of the molecule is CC(O)c1nn(C)c(C(=O)NCc2ccc(C(C)(C)C)cc2)c1Cl.CC(OS(C)(=O)=O)c1nn(C)c(C(=O)NCc2ccc(C(C)(C)C)cc2)c1Cl. The van der Waals surface area contributed by atoms with Gasteiger partial charge in [0.1, 0.15) is 28.9 Å². The fourth-order valence-electron chi connectivity index (χ4n) is 5.14. The summed E-state index contributed by atoms with van der Waals surface area (Å²) in [7, 11) is -0.486. The van der Waals surface area contributed by atoms with Gasteiger partial charge in [-0.2, -0.15) is 18.6 Å². The molecule has 284 valence electrons. The normalized spacial score (nSPS) is 13.2. The van der Waals surface area contributed by atoms with Crippen molar-refractivity contribution in [1.29, 1.82) is 0 Å². The van der Waals surface area contributed by atoms with E-state index in [1.807, 2.05) is 36.4 Å². The van der Waals surface area contributed by atoms with E-state index < -0.39 is 28.2 Å². The van der Waals surface area contributed by atoms with Crippen molar-refractivity contribution in [2.45, 2.75) is 91.5 Å². The van der Waals surface area contributed by atoms with Crippen LogP contribution in [0, 0.1) is 0 Å². The minimum absolute atomic E-state index is 0.0607. The number of hydrogen-bond donors (Lipinski definition) is 3. The largest absolute Gasteiger partial charge is 0.387 e. The molecule has 0 aliphatic carbocycles. The standard InChI is InChI=1S/C19H26ClN3O4S.C18H24ClN3O2/c1-12(27-28(6,25)26)16-15(20)17(23(5)22-16)18(24)21-11-13-7-9-14(10-8-13)19(2,3)4;1-11(23)15-14(19)16(22(5)21-15)17(24)20-10-12-6-8-13(9-7-12)18(2,3)4/h7-10,12H,11H2,1-6H3,(H,21,24);6-9,11,23H,10H2,1-5H3,(H,20,24). The summed E-state index contributed by atoms with van der Waals surface area (Å²) in [6.45, 7) is 16.7. The van der Waals surface area contributed by atoms with Crippen LogP contribution < -0.4 is 10.6 Å². The Morgan fingerprint density at radius 3 is 1.40 bits per heavy atom. The molecule has 2 aromatic carbocycles. The Labute approximate surface area is 317 Å². The second-order valence-electron chi connectivity index (χ2n) is 14.7. The fourth-order valence-corrected chi connectivity index (χ4v) is 6.56. The van der Waals surface area contributed by atoms with Crippen LogP contribution >= 0.6 is 23.2 Å². The molecule has 0 fully saturated rings. The number of aliphatic hydroxyl groups is 1. The molecule has 0 aliphatic heterocycles. The first kappa shape index (κ1) is 42.7. The molecule has 3 N–H and O–H groups in total. The van der Waals surface area contributed by atoms with Crippen molar-refractivity contribution in [2.75, 3.05) is 6.26 Å². The van der Waals surface area contributed by atoms with Gasteiger partial charge in [0.2, 0.25) is 0 Å². The Morgan fingerprint density at radius 1 is 0.750 bits per heavy atom. The summed E-state index contributed by atoms with van der Waals surface area (Å²) in [6.07, 6.45) is -0.783. The number of carbonyl (C=O) groups is 2. The maximum atomic E-state index is 12.6. The van der Waals surface area contributed by atoms with Gasteiger partial charge in [-0.25, -0.2) is 0 Å². The van der Waals surface area contributed by atoms with Crippen molar-refractivity contribution in [3.63, 3.8) is 0 Å². The van der Waals surface area contributed by atoms with Gasteiger partial charge in [0.05, 0.1) is 22.4 Å². The minimum Gasteiger partial charge on any atom is -0.387 e. The molecule has 2 atom stereocenters. The highest BCUT2D eigenvalue weighted by molar-refractivity contribution is 7.86.